The van der Waals surface area contributed by atoms with Crippen LogP contribution in [0.15, 0.2) is 72.3 Å². The number of likely N-dealkylation sites (N-methyl/N-ethyl adjacent to an activating group) is 1. The fraction of sp³-hybridized carbons (Fsp3) is 0.227. The topological polar surface area (TPSA) is 73.7 Å². The third kappa shape index (κ3) is 4.18. The van der Waals surface area contributed by atoms with Gasteiger partial charge in [0.15, 0.2) is 11.5 Å². The molecule has 1 aromatic heterocycles. The first-order valence-corrected chi connectivity index (χ1v) is 9.05. The van der Waals surface area contributed by atoms with E-state index in [0.29, 0.717) is 13.1 Å². The molecule has 1 unspecified atom stereocenters. The first-order chi connectivity index (χ1) is 13.5. The Bertz CT molecular complexity index is 905. The van der Waals surface area contributed by atoms with Crippen molar-refractivity contribution < 1.29 is 14.7 Å². The van der Waals surface area contributed by atoms with Gasteiger partial charge in [0, 0.05) is 25.5 Å². The first kappa shape index (κ1) is 19.5. The van der Waals surface area contributed by atoms with Gasteiger partial charge >= 0.3 is 0 Å². The zero-order chi connectivity index (χ0) is 20.1. The molecule has 1 aliphatic heterocycles. The van der Waals surface area contributed by atoms with Gasteiger partial charge in [-0.05, 0) is 43.4 Å². The maximum Gasteiger partial charge on any atom is 0.290 e. The first-order valence-electron chi connectivity index (χ1n) is 9.05. The van der Waals surface area contributed by atoms with E-state index in [1.165, 1.54) is 11.0 Å². The van der Waals surface area contributed by atoms with Crippen molar-refractivity contribution in [1.82, 2.24) is 14.8 Å². The second-order valence-electron chi connectivity index (χ2n) is 6.86. The molecule has 6 heteroatoms. The summed E-state index contributed by atoms with van der Waals surface area (Å²) in [6.45, 7) is 1.00. The van der Waals surface area contributed by atoms with Crippen LogP contribution < -0.4 is 0 Å². The molecule has 1 aliphatic rings. The summed E-state index contributed by atoms with van der Waals surface area (Å²) >= 11 is 0. The Balaban J connectivity index is 1.95. The number of nitrogens with zero attached hydrogens (tertiary/aromatic N) is 3. The Labute approximate surface area is 164 Å². The van der Waals surface area contributed by atoms with Gasteiger partial charge in [-0.3, -0.25) is 14.6 Å². The summed E-state index contributed by atoms with van der Waals surface area (Å²) in [5.74, 6) is -1.40. The summed E-state index contributed by atoms with van der Waals surface area (Å²) in [6.07, 6.45) is 6.30. The van der Waals surface area contributed by atoms with E-state index in [0.717, 1.165) is 11.1 Å². The van der Waals surface area contributed by atoms with E-state index in [1.54, 1.807) is 30.6 Å². The molecule has 6 nitrogen and oxygen atoms in total. The van der Waals surface area contributed by atoms with Gasteiger partial charge in [-0.2, -0.15) is 0 Å². The van der Waals surface area contributed by atoms with E-state index in [-0.39, 0.29) is 11.4 Å². The predicted molar refractivity (Wildman–Crippen MR) is 107 cm³/mol. The smallest absolute Gasteiger partial charge is 0.290 e. The molecule has 28 heavy (non-hydrogen) atoms. The summed E-state index contributed by atoms with van der Waals surface area (Å²) in [6, 6.07) is 12.3. The van der Waals surface area contributed by atoms with Crippen molar-refractivity contribution in [3.05, 3.63) is 83.4 Å². The van der Waals surface area contributed by atoms with Crippen molar-refractivity contribution in [3.8, 4) is 0 Å². The van der Waals surface area contributed by atoms with Gasteiger partial charge in [-0.15, -0.1) is 0 Å². The van der Waals surface area contributed by atoms with Crippen molar-refractivity contribution in [2.45, 2.75) is 6.04 Å². The minimum atomic E-state index is -0.636. The lowest BCUT2D eigenvalue weighted by molar-refractivity contribution is -0.129. The number of ketones is 1. The van der Waals surface area contributed by atoms with E-state index in [4.69, 9.17) is 0 Å². The van der Waals surface area contributed by atoms with Crippen LogP contribution >= 0.6 is 0 Å². The standard InChI is InChI=1S/C22H23N3O3/c1-24(2)14-15-25-20(17-10-12-23-13-11-17)19(21(27)22(25)28)18(26)9-8-16-6-4-3-5-7-16/h3-13,20,27H,14-15H2,1-2H3/b9-8+. The van der Waals surface area contributed by atoms with Gasteiger partial charge in [0.05, 0.1) is 11.6 Å². The normalized spacial score (nSPS) is 17.2. The van der Waals surface area contributed by atoms with Crippen molar-refractivity contribution in [2.75, 3.05) is 27.2 Å². The summed E-state index contributed by atoms with van der Waals surface area (Å²) in [5.41, 5.74) is 1.70. The van der Waals surface area contributed by atoms with Crippen molar-refractivity contribution in [2.24, 2.45) is 0 Å². The highest BCUT2D eigenvalue weighted by atomic mass is 16.3. The summed E-state index contributed by atoms with van der Waals surface area (Å²) in [5, 5.41) is 10.5. The minimum Gasteiger partial charge on any atom is -0.503 e. The van der Waals surface area contributed by atoms with Crippen molar-refractivity contribution >= 4 is 17.8 Å². The largest absolute Gasteiger partial charge is 0.503 e. The SMILES string of the molecule is CN(C)CCN1C(=O)C(O)=C(C(=O)/C=C/c2ccccc2)C1c1ccncc1. The summed E-state index contributed by atoms with van der Waals surface area (Å²) in [7, 11) is 3.81. The fourth-order valence-electron chi connectivity index (χ4n) is 3.16. The monoisotopic (exact) mass is 377 g/mol. The molecule has 0 spiro atoms. The number of hydrogen-bond acceptors (Lipinski definition) is 5. The maximum atomic E-state index is 12.9. The van der Waals surface area contributed by atoms with Gasteiger partial charge in [0.1, 0.15) is 0 Å². The number of pyridine rings is 1. The van der Waals surface area contributed by atoms with Crippen LogP contribution in [0, 0.1) is 0 Å². The van der Waals surface area contributed by atoms with Crippen LogP contribution in [0.5, 0.6) is 0 Å². The molecule has 0 fully saturated rings. The number of hydrogen-bond donors (Lipinski definition) is 1. The number of aromatic nitrogens is 1. The van der Waals surface area contributed by atoms with E-state index in [9.17, 15) is 14.7 Å². The van der Waals surface area contributed by atoms with Crippen LogP contribution in [0.2, 0.25) is 0 Å². The molecule has 144 valence electrons. The number of rotatable bonds is 7. The van der Waals surface area contributed by atoms with Gasteiger partial charge in [0.2, 0.25) is 0 Å². The lowest BCUT2D eigenvalue weighted by Gasteiger charge is -2.27. The van der Waals surface area contributed by atoms with Gasteiger partial charge in [0.25, 0.3) is 5.91 Å². The third-order valence-corrected chi connectivity index (χ3v) is 4.61. The van der Waals surface area contributed by atoms with E-state index < -0.39 is 17.7 Å². The molecule has 0 saturated heterocycles. The Morgan fingerprint density at radius 1 is 1.18 bits per heavy atom. The Kier molecular flexibility index (Phi) is 6.01. The number of aliphatic hydroxyl groups is 1. The zero-order valence-corrected chi connectivity index (χ0v) is 15.9. The molecule has 3 rings (SSSR count). The Hall–Kier alpha value is -3.25. The van der Waals surface area contributed by atoms with Crippen LogP contribution in [0.3, 0.4) is 0 Å². The average Bonchev–Trinajstić information content (AvgIpc) is 2.96. The van der Waals surface area contributed by atoms with Gasteiger partial charge in [-0.1, -0.05) is 36.4 Å². The molecule has 1 atom stereocenters. The number of benzene rings is 1. The molecule has 2 aromatic rings. The Morgan fingerprint density at radius 2 is 1.86 bits per heavy atom. The molecule has 0 saturated carbocycles. The molecule has 0 radical (unpaired) electrons. The lowest BCUT2D eigenvalue weighted by atomic mass is 9.96. The third-order valence-electron chi connectivity index (χ3n) is 4.61. The number of carbonyl (C=O) groups is 2. The number of allylic oxidation sites excluding steroid dienone is 1. The van der Waals surface area contributed by atoms with Crippen LogP contribution in [0.4, 0.5) is 0 Å². The quantitative estimate of drug-likeness (QED) is 0.751. The highest BCUT2D eigenvalue weighted by molar-refractivity contribution is 6.14. The number of aliphatic hydroxyl groups excluding tert-OH is 1. The van der Waals surface area contributed by atoms with Crippen molar-refractivity contribution in [1.29, 1.82) is 0 Å². The Morgan fingerprint density at radius 3 is 2.50 bits per heavy atom. The number of amides is 1. The predicted octanol–water partition coefficient (Wildman–Crippen LogP) is 2.62. The highest BCUT2D eigenvalue weighted by Crippen LogP contribution is 2.37. The molecule has 0 aliphatic carbocycles. The van der Waals surface area contributed by atoms with Gasteiger partial charge < -0.3 is 14.9 Å². The van der Waals surface area contributed by atoms with Gasteiger partial charge in [-0.25, -0.2) is 0 Å². The highest BCUT2D eigenvalue weighted by Gasteiger charge is 2.42. The van der Waals surface area contributed by atoms with E-state index in [2.05, 4.69) is 4.98 Å². The van der Waals surface area contributed by atoms with E-state index >= 15 is 0 Å². The molecule has 1 aromatic carbocycles. The van der Waals surface area contributed by atoms with Crippen LogP contribution in [0.1, 0.15) is 17.2 Å². The van der Waals surface area contributed by atoms with Crippen LogP contribution in [0.25, 0.3) is 6.08 Å². The molecule has 2 heterocycles. The molecular formula is C22H23N3O3. The summed E-state index contributed by atoms with van der Waals surface area (Å²) in [4.78, 5) is 33.1. The fourth-order valence-corrected chi connectivity index (χ4v) is 3.16. The maximum absolute atomic E-state index is 12.9. The summed E-state index contributed by atoms with van der Waals surface area (Å²) < 4.78 is 0. The molecule has 0 bridgehead atoms. The molecule has 1 amide bonds. The van der Waals surface area contributed by atoms with Crippen LogP contribution in [-0.4, -0.2) is 58.8 Å². The second-order valence-corrected chi connectivity index (χ2v) is 6.86. The lowest BCUT2D eigenvalue weighted by Crippen LogP contribution is -2.36. The zero-order valence-electron chi connectivity index (χ0n) is 15.9. The van der Waals surface area contributed by atoms with Crippen molar-refractivity contribution in [3.63, 3.8) is 0 Å². The average molecular weight is 377 g/mol. The molecular weight excluding hydrogens is 354 g/mol. The van der Waals surface area contributed by atoms with E-state index in [1.807, 2.05) is 49.3 Å². The molecule has 1 N–H and O–H groups in total. The number of carbonyl (C=O) groups excluding carboxylic acids is 2. The second kappa shape index (κ2) is 8.63. The van der Waals surface area contributed by atoms with Crippen LogP contribution in [-0.2, 0) is 9.59 Å². The minimum absolute atomic E-state index is 0.0992.